The minimum absolute atomic E-state index is 0.0490. The van der Waals surface area contributed by atoms with Crippen molar-refractivity contribution in [3.05, 3.63) is 24.4 Å². The Hall–Kier alpha value is -1.49. The van der Waals surface area contributed by atoms with Gasteiger partial charge in [0.1, 0.15) is 12.0 Å². The summed E-state index contributed by atoms with van der Waals surface area (Å²) >= 11 is 0. The van der Waals surface area contributed by atoms with Crippen LogP contribution in [0.3, 0.4) is 0 Å². The second-order valence-corrected chi connectivity index (χ2v) is 7.76. The van der Waals surface area contributed by atoms with Crippen LogP contribution in [0.2, 0.25) is 0 Å². The second kappa shape index (κ2) is 7.40. The largest absolute Gasteiger partial charge is 0.317 e. The van der Waals surface area contributed by atoms with Crippen LogP contribution >= 0.6 is 0 Å². The van der Waals surface area contributed by atoms with Gasteiger partial charge in [0.2, 0.25) is 5.91 Å². The van der Waals surface area contributed by atoms with Crippen LogP contribution in [0.1, 0.15) is 46.0 Å². The van der Waals surface area contributed by atoms with Gasteiger partial charge in [0, 0.05) is 5.92 Å². The van der Waals surface area contributed by atoms with Crippen molar-refractivity contribution in [2.45, 2.75) is 52.1 Å². The number of hydrogen-bond acceptors (Lipinski definition) is 3. The average molecular weight is 347 g/mol. The fourth-order valence-corrected chi connectivity index (χ4v) is 4.45. The van der Waals surface area contributed by atoms with Crippen LogP contribution < -0.4 is 10.6 Å². The molecule has 0 aromatic heterocycles. The standard InChI is InChI=1S/C20H30FN3O/c1-4-6-17-20(12-16(20)13(3)11-15(21)5-2)19(25)24-18(23-17)14-7-9-22-10-8-14/h4,6,13-16,22H,1,5,7-12H2,2-3H3,(H,23,24,25)/b17-6+. The van der Waals surface area contributed by atoms with Gasteiger partial charge in [-0.25, -0.2) is 9.38 Å². The van der Waals surface area contributed by atoms with Gasteiger partial charge >= 0.3 is 0 Å². The molecule has 2 fully saturated rings. The van der Waals surface area contributed by atoms with Crippen LogP contribution in [0, 0.1) is 23.2 Å². The molecular weight excluding hydrogens is 317 g/mol. The summed E-state index contributed by atoms with van der Waals surface area (Å²) in [7, 11) is 0. The Morgan fingerprint density at radius 2 is 2.16 bits per heavy atom. The summed E-state index contributed by atoms with van der Waals surface area (Å²) in [5.74, 6) is 1.50. The zero-order valence-corrected chi connectivity index (χ0v) is 15.4. The number of alkyl halides is 1. The third-order valence-corrected chi connectivity index (χ3v) is 6.12. The summed E-state index contributed by atoms with van der Waals surface area (Å²) in [6, 6.07) is 0. The van der Waals surface area contributed by atoms with Crippen molar-refractivity contribution >= 4 is 11.7 Å². The van der Waals surface area contributed by atoms with Crippen LogP contribution in [0.25, 0.3) is 0 Å². The highest BCUT2D eigenvalue weighted by Gasteiger charge is 2.65. The highest BCUT2D eigenvalue weighted by molar-refractivity contribution is 6.07. The van der Waals surface area contributed by atoms with Gasteiger partial charge in [0.25, 0.3) is 0 Å². The van der Waals surface area contributed by atoms with E-state index >= 15 is 0 Å². The third kappa shape index (κ3) is 3.43. The van der Waals surface area contributed by atoms with E-state index in [1.165, 1.54) is 0 Å². The Morgan fingerprint density at radius 3 is 2.80 bits per heavy atom. The van der Waals surface area contributed by atoms with E-state index in [1.54, 1.807) is 6.08 Å². The first-order valence-electron chi connectivity index (χ1n) is 9.61. The predicted octanol–water partition coefficient (Wildman–Crippen LogP) is 3.36. The number of piperidine rings is 1. The molecule has 1 amide bonds. The Morgan fingerprint density at radius 1 is 1.44 bits per heavy atom. The SMILES string of the molecule is C=C/C=C1/N=C(C2CCNCC2)NC(=O)C12CC2C(C)CC(F)CC. The Balaban J connectivity index is 1.81. The number of rotatable bonds is 6. The van der Waals surface area contributed by atoms with Crippen molar-refractivity contribution in [3.8, 4) is 0 Å². The average Bonchev–Trinajstić information content (AvgIpc) is 3.37. The lowest BCUT2D eigenvalue weighted by Gasteiger charge is -2.31. The smallest absolute Gasteiger partial charge is 0.237 e. The molecule has 1 aliphatic carbocycles. The van der Waals surface area contributed by atoms with E-state index in [-0.39, 0.29) is 17.7 Å². The molecule has 3 aliphatic rings. The number of hydrogen-bond donors (Lipinski definition) is 2. The molecule has 0 radical (unpaired) electrons. The molecule has 0 bridgehead atoms. The lowest BCUT2D eigenvalue weighted by Crippen LogP contribution is -2.48. The molecule has 2 heterocycles. The maximum absolute atomic E-state index is 13.8. The van der Waals surface area contributed by atoms with Crippen LogP contribution in [0.4, 0.5) is 4.39 Å². The lowest BCUT2D eigenvalue weighted by atomic mass is 9.86. The summed E-state index contributed by atoms with van der Waals surface area (Å²) in [6.07, 6.45) is 6.59. The first kappa shape index (κ1) is 18.3. The number of carbonyl (C=O) groups excluding carboxylic acids is 1. The molecule has 1 saturated heterocycles. The van der Waals surface area contributed by atoms with E-state index < -0.39 is 11.6 Å². The van der Waals surface area contributed by atoms with Gasteiger partial charge < -0.3 is 10.6 Å². The zero-order chi connectivity index (χ0) is 18.0. The summed E-state index contributed by atoms with van der Waals surface area (Å²) < 4.78 is 13.8. The van der Waals surface area contributed by atoms with E-state index in [9.17, 15) is 9.18 Å². The maximum Gasteiger partial charge on any atom is 0.237 e. The van der Waals surface area contributed by atoms with Gasteiger partial charge in [-0.05, 0) is 63.1 Å². The van der Waals surface area contributed by atoms with Gasteiger partial charge in [-0.15, -0.1) is 0 Å². The molecular formula is C20H30FN3O. The summed E-state index contributed by atoms with van der Waals surface area (Å²) in [5.41, 5.74) is 0.251. The normalized spacial score (nSPS) is 33.7. The number of carbonyl (C=O) groups is 1. The van der Waals surface area contributed by atoms with E-state index in [4.69, 9.17) is 4.99 Å². The molecule has 1 saturated carbocycles. The minimum Gasteiger partial charge on any atom is -0.317 e. The van der Waals surface area contributed by atoms with Crippen molar-refractivity contribution < 1.29 is 9.18 Å². The fourth-order valence-electron chi connectivity index (χ4n) is 4.45. The van der Waals surface area contributed by atoms with Crippen molar-refractivity contribution in [2.24, 2.45) is 28.2 Å². The fraction of sp³-hybridized carbons (Fsp3) is 0.700. The van der Waals surface area contributed by atoms with Gasteiger partial charge in [-0.3, -0.25) is 4.79 Å². The Bertz CT molecular complexity index is 594. The van der Waals surface area contributed by atoms with Crippen molar-refractivity contribution in [2.75, 3.05) is 13.1 Å². The Labute approximate surface area is 150 Å². The number of amides is 1. The van der Waals surface area contributed by atoms with Crippen LogP contribution in [-0.2, 0) is 4.79 Å². The molecule has 3 rings (SSSR count). The zero-order valence-electron chi connectivity index (χ0n) is 15.4. The molecule has 25 heavy (non-hydrogen) atoms. The van der Waals surface area contributed by atoms with Crippen molar-refractivity contribution in [1.29, 1.82) is 0 Å². The topological polar surface area (TPSA) is 53.5 Å². The lowest BCUT2D eigenvalue weighted by molar-refractivity contribution is -0.124. The molecule has 4 atom stereocenters. The van der Waals surface area contributed by atoms with E-state index in [0.29, 0.717) is 18.8 Å². The highest BCUT2D eigenvalue weighted by Crippen LogP contribution is 2.63. The number of amidine groups is 1. The molecule has 0 aromatic carbocycles. The molecule has 2 N–H and O–H groups in total. The first-order valence-corrected chi connectivity index (χ1v) is 9.61. The molecule has 4 unspecified atom stereocenters. The van der Waals surface area contributed by atoms with Crippen molar-refractivity contribution in [1.82, 2.24) is 10.6 Å². The molecule has 2 aliphatic heterocycles. The summed E-state index contributed by atoms with van der Waals surface area (Å²) in [5, 5.41) is 6.44. The Kier molecular flexibility index (Phi) is 5.42. The van der Waals surface area contributed by atoms with Crippen LogP contribution in [0.5, 0.6) is 0 Å². The highest BCUT2D eigenvalue weighted by atomic mass is 19.1. The van der Waals surface area contributed by atoms with Gasteiger partial charge in [0.15, 0.2) is 0 Å². The molecule has 4 nitrogen and oxygen atoms in total. The summed E-state index contributed by atoms with van der Waals surface area (Å²) in [4.78, 5) is 17.9. The molecule has 1 spiro atoms. The second-order valence-electron chi connectivity index (χ2n) is 7.76. The first-order chi connectivity index (χ1) is 12.0. The maximum atomic E-state index is 13.8. The van der Waals surface area contributed by atoms with Crippen LogP contribution in [0.15, 0.2) is 29.4 Å². The number of nitrogens with one attached hydrogen (secondary N) is 2. The number of nitrogens with zero attached hydrogens (tertiary/aromatic N) is 1. The van der Waals surface area contributed by atoms with E-state index in [2.05, 4.69) is 24.1 Å². The number of allylic oxidation sites excluding steroid dienone is 2. The monoisotopic (exact) mass is 347 g/mol. The van der Waals surface area contributed by atoms with E-state index in [0.717, 1.165) is 43.9 Å². The van der Waals surface area contributed by atoms with E-state index in [1.807, 2.05) is 13.0 Å². The van der Waals surface area contributed by atoms with Gasteiger partial charge in [-0.2, -0.15) is 0 Å². The van der Waals surface area contributed by atoms with Gasteiger partial charge in [-0.1, -0.05) is 26.5 Å². The quantitative estimate of drug-likeness (QED) is 0.774. The minimum atomic E-state index is -0.792. The number of halogens is 1. The third-order valence-electron chi connectivity index (χ3n) is 6.12. The van der Waals surface area contributed by atoms with Crippen molar-refractivity contribution in [3.63, 3.8) is 0 Å². The van der Waals surface area contributed by atoms with Crippen LogP contribution in [-0.4, -0.2) is 31.0 Å². The molecule has 0 aromatic rings. The number of aliphatic imine (C=N–C) groups is 1. The summed E-state index contributed by atoms with van der Waals surface area (Å²) in [6.45, 7) is 9.64. The predicted molar refractivity (Wildman–Crippen MR) is 99.0 cm³/mol. The van der Waals surface area contributed by atoms with Gasteiger partial charge in [0.05, 0.1) is 11.1 Å². The molecule has 5 heteroatoms. The molecule has 138 valence electrons.